The van der Waals surface area contributed by atoms with Gasteiger partial charge >= 0.3 is 0 Å². The molecule has 0 saturated heterocycles. The predicted molar refractivity (Wildman–Crippen MR) is 77.6 cm³/mol. The molecule has 2 rings (SSSR count). The van der Waals surface area contributed by atoms with Gasteiger partial charge in [-0.15, -0.1) is 0 Å². The van der Waals surface area contributed by atoms with Crippen molar-refractivity contribution < 1.29 is 13.6 Å². The largest absolute Gasteiger partial charge is 0.339 e. The van der Waals surface area contributed by atoms with Gasteiger partial charge < -0.3 is 10.6 Å². The summed E-state index contributed by atoms with van der Waals surface area (Å²) in [6, 6.07) is 4.07. The van der Waals surface area contributed by atoms with Crippen LogP contribution in [0.25, 0.3) is 0 Å². The van der Waals surface area contributed by atoms with Gasteiger partial charge in [0.25, 0.3) is 0 Å². The monoisotopic (exact) mass is 296 g/mol. The standard InChI is InChI=1S/C16H22F2N2O/c1-2-20(14-8-4-6-12(14)10-19)15(21)9-11-5-3-7-13(17)16(11)18/h3,5,7,12,14H,2,4,6,8-10,19H2,1H3. The molecule has 5 heteroatoms. The highest BCUT2D eigenvalue weighted by Crippen LogP contribution is 2.29. The summed E-state index contributed by atoms with van der Waals surface area (Å²) in [5.74, 6) is -1.69. The second-order valence-electron chi connectivity index (χ2n) is 5.56. The summed E-state index contributed by atoms with van der Waals surface area (Å²) >= 11 is 0. The lowest BCUT2D eigenvalue weighted by molar-refractivity contribution is -0.133. The lowest BCUT2D eigenvalue weighted by Gasteiger charge is -2.32. The molecule has 1 aliphatic carbocycles. The SMILES string of the molecule is CCN(C(=O)Cc1cccc(F)c1F)C1CCCC1CN. The summed E-state index contributed by atoms with van der Waals surface area (Å²) in [5.41, 5.74) is 5.88. The topological polar surface area (TPSA) is 46.3 Å². The van der Waals surface area contributed by atoms with Crippen LogP contribution in [0.2, 0.25) is 0 Å². The smallest absolute Gasteiger partial charge is 0.227 e. The van der Waals surface area contributed by atoms with Gasteiger partial charge in [-0.25, -0.2) is 8.78 Å². The zero-order valence-corrected chi connectivity index (χ0v) is 12.3. The number of carbonyl (C=O) groups excluding carboxylic acids is 1. The number of nitrogens with zero attached hydrogens (tertiary/aromatic N) is 1. The number of hydrogen-bond acceptors (Lipinski definition) is 2. The van der Waals surface area contributed by atoms with E-state index >= 15 is 0 Å². The van der Waals surface area contributed by atoms with Crippen molar-refractivity contribution in [2.75, 3.05) is 13.1 Å². The summed E-state index contributed by atoms with van der Waals surface area (Å²) in [7, 11) is 0. The summed E-state index contributed by atoms with van der Waals surface area (Å²) < 4.78 is 26.9. The van der Waals surface area contributed by atoms with Crippen LogP contribution in [-0.2, 0) is 11.2 Å². The van der Waals surface area contributed by atoms with Gasteiger partial charge in [0.15, 0.2) is 11.6 Å². The molecule has 0 heterocycles. The van der Waals surface area contributed by atoms with Gasteiger partial charge in [0.1, 0.15) is 0 Å². The van der Waals surface area contributed by atoms with E-state index < -0.39 is 11.6 Å². The van der Waals surface area contributed by atoms with Crippen LogP contribution in [0.15, 0.2) is 18.2 Å². The Morgan fingerprint density at radius 2 is 2.14 bits per heavy atom. The maximum atomic E-state index is 13.7. The van der Waals surface area contributed by atoms with E-state index in [-0.39, 0.29) is 23.9 Å². The van der Waals surface area contributed by atoms with E-state index in [9.17, 15) is 13.6 Å². The molecule has 0 spiro atoms. The van der Waals surface area contributed by atoms with E-state index in [4.69, 9.17) is 5.73 Å². The fourth-order valence-electron chi connectivity index (χ4n) is 3.25. The van der Waals surface area contributed by atoms with Crippen LogP contribution in [-0.4, -0.2) is 29.9 Å². The molecule has 21 heavy (non-hydrogen) atoms. The molecule has 116 valence electrons. The Morgan fingerprint density at radius 3 is 2.81 bits per heavy atom. The number of rotatable bonds is 5. The first-order valence-electron chi connectivity index (χ1n) is 7.50. The first kappa shape index (κ1) is 15.9. The molecule has 2 N–H and O–H groups in total. The third-order valence-corrected chi connectivity index (χ3v) is 4.36. The third kappa shape index (κ3) is 3.40. The molecule has 0 aliphatic heterocycles. The van der Waals surface area contributed by atoms with Crippen molar-refractivity contribution in [3.8, 4) is 0 Å². The molecule has 1 aliphatic rings. The first-order valence-corrected chi connectivity index (χ1v) is 7.50. The van der Waals surface area contributed by atoms with Gasteiger partial charge in [-0.1, -0.05) is 18.6 Å². The molecular weight excluding hydrogens is 274 g/mol. The molecule has 1 saturated carbocycles. The van der Waals surface area contributed by atoms with Crippen molar-refractivity contribution in [2.45, 2.75) is 38.6 Å². The highest BCUT2D eigenvalue weighted by Gasteiger charge is 2.33. The van der Waals surface area contributed by atoms with Gasteiger partial charge in [0.05, 0.1) is 6.42 Å². The average Bonchev–Trinajstić information content (AvgIpc) is 2.93. The Kier molecular flexibility index (Phi) is 5.28. The number of likely N-dealkylation sites (N-methyl/N-ethyl adjacent to an activating group) is 1. The van der Waals surface area contributed by atoms with Crippen LogP contribution in [0.3, 0.4) is 0 Å². The third-order valence-electron chi connectivity index (χ3n) is 4.36. The van der Waals surface area contributed by atoms with E-state index in [1.165, 1.54) is 12.1 Å². The Morgan fingerprint density at radius 1 is 1.38 bits per heavy atom. The van der Waals surface area contributed by atoms with Gasteiger partial charge in [-0.3, -0.25) is 4.79 Å². The highest BCUT2D eigenvalue weighted by molar-refractivity contribution is 5.79. The van der Waals surface area contributed by atoms with Crippen LogP contribution in [0.4, 0.5) is 8.78 Å². The normalized spacial score (nSPS) is 21.5. The zero-order valence-electron chi connectivity index (χ0n) is 12.3. The van der Waals surface area contributed by atoms with Crippen LogP contribution < -0.4 is 5.73 Å². The first-order chi connectivity index (χ1) is 10.1. The molecule has 0 radical (unpaired) electrons. The Hall–Kier alpha value is -1.49. The van der Waals surface area contributed by atoms with Crippen LogP contribution in [0, 0.1) is 17.6 Å². The Balaban J connectivity index is 2.12. The molecule has 0 bridgehead atoms. The van der Waals surface area contributed by atoms with Gasteiger partial charge in [0.2, 0.25) is 5.91 Å². The van der Waals surface area contributed by atoms with Crippen molar-refractivity contribution in [2.24, 2.45) is 11.7 Å². The number of hydrogen-bond donors (Lipinski definition) is 1. The van der Waals surface area contributed by atoms with Crippen molar-refractivity contribution in [3.05, 3.63) is 35.4 Å². The maximum absolute atomic E-state index is 13.7. The predicted octanol–water partition coefficient (Wildman–Crippen LogP) is 2.48. The summed E-state index contributed by atoms with van der Waals surface area (Å²) in [6.45, 7) is 3.03. The fraction of sp³-hybridized carbons (Fsp3) is 0.562. The summed E-state index contributed by atoms with van der Waals surface area (Å²) in [4.78, 5) is 14.2. The fourth-order valence-corrected chi connectivity index (χ4v) is 3.25. The van der Waals surface area contributed by atoms with Gasteiger partial charge in [0, 0.05) is 18.2 Å². The van der Waals surface area contributed by atoms with E-state index in [2.05, 4.69) is 0 Å². The summed E-state index contributed by atoms with van der Waals surface area (Å²) in [5, 5.41) is 0. The molecule has 3 nitrogen and oxygen atoms in total. The number of carbonyl (C=O) groups is 1. The van der Waals surface area contributed by atoms with E-state index in [1.807, 2.05) is 6.92 Å². The minimum absolute atomic E-state index is 0.106. The lowest BCUT2D eigenvalue weighted by atomic mass is 10.0. The average molecular weight is 296 g/mol. The Labute approximate surface area is 124 Å². The van der Waals surface area contributed by atoms with Gasteiger partial charge in [-0.2, -0.15) is 0 Å². The van der Waals surface area contributed by atoms with Crippen molar-refractivity contribution in [3.63, 3.8) is 0 Å². The molecule has 1 aromatic carbocycles. The molecular formula is C16H22F2N2O. The molecule has 2 unspecified atom stereocenters. The number of halogens is 2. The molecule has 1 amide bonds. The van der Waals surface area contributed by atoms with E-state index in [1.54, 1.807) is 4.90 Å². The number of amides is 1. The number of nitrogens with two attached hydrogens (primary N) is 1. The molecule has 1 fully saturated rings. The van der Waals surface area contributed by atoms with Crippen LogP contribution in [0.1, 0.15) is 31.7 Å². The van der Waals surface area contributed by atoms with Crippen LogP contribution in [0.5, 0.6) is 0 Å². The second kappa shape index (κ2) is 6.98. The highest BCUT2D eigenvalue weighted by atomic mass is 19.2. The van der Waals surface area contributed by atoms with E-state index in [0.29, 0.717) is 19.0 Å². The van der Waals surface area contributed by atoms with Crippen molar-refractivity contribution in [1.29, 1.82) is 0 Å². The quantitative estimate of drug-likeness (QED) is 0.907. The zero-order chi connectivity index (χ0) is 15.4. The van der Waals surface area contributed by atoms with Crippen LogP contribution >= 0.6 is 0 Å². The van der Waals surface area contributed by atoms with E-state index in [0.717, 1.165) is 25.3 Å². The minimum atomic E-state index is -0.927. The summed E-state index contributed by atoms with van der Waals surface area (Å²) in [6.07, 6.45) is 2.92. The second-order valence-corrected chi connectivity index (χ2v) is 5.56. The van der Waals surface area contributed by atoms with Crippen molar-refractivity contribution in [1.82, 2.24) is 4.90 Å². The molecule has 2 atom stereocenters. The maximum Gasteiger partial charge on any atom is 0.227 e. The van der Waals surface area contributed by atoms with Crippen molar-refractivity contribution >= 4 is 5.91 Å². The number of benzene rings is 1. The van der Waals surface area contributed by atoms with Gasteiger partial charge in [-0.05, 0) is 38.3 Å². The molecule has 1 aromatic rings. The lowest BCUT2D eigenvalue weighted by Crippen LogP contribution is -2.44. The Bertz CT molecular complexity index is 507. The molecule has 0 aromatic heterocycles. The minimum Gasteiger partial charge on any atom is -0.339 e.